The van der Waals surface area contributed by atoms with Crippen LogP contribution in [0.2, 0.25) is 0 Å². The van der Waals surface area contributed by atoms with E-state index < -0.39 is 0 Å². The van der Waals surface area contributed by atoms with Gasteiger partial charge < -0.3 is 15.6 Å². The quantitative estimate of drug-likeness (QED) is 0.892. The number of nitrogens with one attached hydrogen (secondary N) is 1. The van der Waals surface area contributed by atoms with Gasteiger partial charge in [0.2, 0.25) is 0 Å². The maximum absolute atomic E-state index is 11.8. The summed E-state index contributed by atoms with van der Waals surface area (Å²) in [6.45, 7) is 3.99. The van der Waals surface area contributed by atoms with E-state index in [4.69, 9.17) is 10.3 Å². The van der Waals surface area contributed by atoms with E-state index in [1.807, 2.05) is 6.92 Å². The van der Waals surface area contributed by atoms with Gasteiger partial charge in [0.05, 0.1) is 5.69 Å². The number of nitrogens with two attached hydrogens (primary N) is 1. The molecule has 3 N–H and O–H groups in total. The molecule has 0 radical (unpaired) electrons. The van der Waals surface area contributed by atoms with Crippen molar-refractivity contribution in [3.8, 4) is 0 Å². The molecular weight excluding hydrogens is 268 g/mol. The van der Waals surface area contributed by atoms with Gasteiger partial charge in [-0.3, -0.25) is 4.79 Å². The fraction of sp³-hybridized carbons (Fsp3) is 0.250. The van der Waals surface area contributed by atoms with E-state index in [1.165, 1.54) is 0 Å². The van der Waals surface area contributed by atoms with Crippen molar-refractivity contribution in [3.63, 3.8) is 0 Å². The number of hydrogen-bond acceptors (Lipinski definition) is 5. The van der Waals surface area contributed by atoms with E-state index >= 15 is 0 Å². The summed E-state index contributed by atoms with van der Waals surface area (Å²) < 4.78 is 5.02. The second-order valence-electron chi connectivity index (χ2n) is 3.93. The van der Waals surface area contributed by atoms with Crippen LogP contribution in [0.1, 0.15) is 27.5 Å². The van der Waals surface area contributed by atoms with Gasteiger partial charge in [-0.05, 0) is 26.0 Å². The van der Waals surface area contributed by atoms with E-state index in [0.717, 1.165) is 11.3 Å². The zero-order valence-electron chi connectivity index (χ0n) is 10.6. The number of halogens is 1. The highest BCUT2D eigenvalue weighted by Gasteiger charge is 2.12. The first-order valence-electron chi connectivity index (χ1n) is 5.50. The number of amides is 1. The lowest BCUT2D eigenvalue weighted by Gasteiger charge is -2.04. The molecule has 0 saturated heterocycles. The summed E-state index contributed by atoms with van der Waals surface area (Å²) in [6.07, 6.45) is 0. The van der Waals surface area contributed by atoms with Crippen molar-refractivity contribution >= 4 is 24.1 Å². The molecule has 0 aromatic carbocycles. The molecule has 19 heavy (non-hydrogen) atoms. The molecule has 0 spiro atoms. The monoisotopic (exact) mass is 282 g/mol. The Bertz CT molecular complexity index is 563. The first kappa shape index (κ1) is 15.0. The zero-order valence-corrected chi connectivity index (χ0v) is 11.5. The summed E-state index contributed by atoms with van der Waals surface area (Å²) in [5.74, 6) is 0.746. The number of aryl methyl sites for hydroxylation is 2. The number of nitrogen functional groups attached to an aromatic ring is 1. The number of nitrogens with zero attached hydrogens (tertiary/aromatic N) is 2. The number of aromatic nitrogens is 2. The van der Waals surface area contributed by atoms with Gasteiger partial charge in [0, 0.05) is 12.1 Å². The molecule has 7 heteroatoms. The summed E-state index contributed by atoms with van der Waals surface area (Å²) in [5, 5.41) is 6.57. The number of rotatable bonds is 3. The van der Waals surface area contributed by atoms with E-state index in [2.05, 4.69) is 15.5 Å². The Kier molecular flexibility index (Phi) is 4.88. The maximum Gasteiger partial charge on any atom is 0.270 e. The third-order valence-corrected chi connectivity index (χ3v) is 2.61. The third kappa shape index (κ3) is 3.45. The summed E-state index contributed by atoms with van der Waals surface area (Å²) in [6, 6.07) is 4.93. The molecule has 0 aliphatic rings. The number of carbonyl (C=O) groups excluding carboxylic acids is 1. The van der Waals surface area contributed by atoms with Crippen LogP contribution in [0.3, 0.4) is 0 Å². The van der Waals surface area contributed by atoms with Gasteiger partial charge in [-0.15, -0.1) is 12.4 Å². The lowest BCUT2D eigenvalue weighted by atomic mass is 10.2. The number of pyridine rings is 1. The standard InChI is InChI=1S/C12H14N4O2.ClH/c1-7-9(8(2)18-16-7)6-14-12(17)10-4-3-5-11(13)15-10;/h3-5H,6H2,1-2H3,(H2,13,15)(H,14,17);1H. The van der Waals surface area contributed by atoms with Crippen LogP contribution in [-0.4, -0.2) is 16.0 Å². The largest absolute Gasteiger partial charge is 0.384 e. The molecule has 102 valence electrons. The highest BCUT2D eigenvalue weighted by atomic mass is 35.5. The van der Waals surface area contributed by atoms with Crippen molar-refractivity contribution in [2.24, 2.45) is 0 Å². The molecular formula is C12H15ClN4O2. The molecule has 0 bridgehead atoms. The number of hydrogen-bond donors (Lipinski definition) is 2. The average Bonchev–Trinajstić information content (AvgIpc) is 2.66. The van der Waals surface area contributed by atoms with Gasteiger partial charge in [-0.1, -0.05) is 11.2 Å². The summed E-state index contributed by atoms with van der Waals surface area (Å²) >= 11 is 0. The molecule has 6 nitrogen and oxygen atoms in total. The van der Waals surface area contributed by atoms with Crippen LogP contribution in [-0.2, 0) is 6.54 Å². The van der Waals surface area contributed by atoms with E-state index in [1.54, 1.807) is 25.1 Å². The lowest BCUT2D eigenvalue weighted by molar-refractivity contribution is 0.0946. The van der Waals surface area contributed by atoms with Crippen molar-refractivity contribution in [2.75, 3.05) is 5.73 Å². The molecule has 0 saturated carbocycles. The van der Waals surface area contributed by atoms with Crippen LogP contribution in [0.15, 0.2) is 22.7 Å². The minimum absolute atomic E-state index is 0. The Morgan fingerprint density at radius 2 is 2.16 bits per heavy atom. The molecule has 2 heterocycles. The van der Waals surface area contributed by atoms with Gasteiger partial charge in [-0.2, -0.15) is 0 Å². The number of anilines is 1. The Hall–Kier alpha value is -2.08. The lowest BCUT2D eigenvalue weighted by Crippen LogP contribution is -2.24. The van der Waals surface area contributed by atoms with Crippen molar-refractivity contribution in [1.29, 1.82) is 0 Å². The Morgan fingerprint density at radius 1 is 1.42 bits per heavy atom. The van der Waals surface area contributed by atoms with Crippen molar-refractivity contribution < 1.29 is 9.32 Å². The normalized spacial score (nSPS) is 9.79. The summed E-state index contributed by atoms with van der Waals surface area (Å²) in [7, 11) is 0. The Labute approximate surface area is 116 Å². The molecule has 2 aromatic rings. The van der Waals surface area contributed by atoms with Crippen molar-refractivity contribution in [1.82, 2.24) is 15.5 Å². The highest BCUT2D eigenvalue weighted by Crippen LogP contribution is 2.11. The van der Waals surface area contributed by atoms with Gasteiger partial charge in [-0.25, -0.2) is 4.98 Å². The smallest absolute Gasteiger partial charge is 0.270 e. The Morgan fingerprint density at radius 3 is 2.74 bits per heavy atom. The molecule has 2 rings (SSSR count). The van der Waals surface area contributed by atoms with Crippen LogP contribution < -0.4 is 11.1 Å². The van der Waals surface area contributed by atoms with E-state index in [-0.39, 0.29) is 18.3 Å². The van der Waals surface area contributed by atoms with Crippen LogP contribution >= 0.6 is 12.4 Å². The van der Waals surface area contributed by atoms with Crippen molar-refractivity contribution in [2.45, 2.75) is 20.4 Å². The van der Waals surface area contributed by atoms with Gasteiger partial charge in [0.1, 0.15) is 17.3 Å². The fourth-order valence-corrected chi connectivity index (χ4v) is 1.59. The molecule has 0 fully saturated rings. The summed E-state index contributed by atoms with van der Waals surface area (Å²) in [5.41, 5.74) is 7.47. The first-order valence-corrected chi connectivity index (χ1v) is 5.50. The molecule has 0 unspecified atom stereocenters. The minimum Gasteiger partial charge on any atom is -0.384 e. The number of carbonyl (C=O) groups is 1. The molecule has 0 aliphatic carbocycles. The molecule has 0 aliphatic heterocycles. The van der Waals surface area contributed by atoms with Gasteiger partial charge in [0.15, 0.2) is 0 Å². The molecule has 2 aromatic heterocycles. The van der Waals surface area contributed by atoms with E-state index in [0.29, 0.717) is 23.8 Å². The van der Waals surface area contributed by atoms with Crippen LogP contribution in [0.5, 0.6) is 0 Å². The topological polar surface area (TPSA) is 94.0 Å². The predicted octanol–water partition coefficient (Wildman–Crippen LogP) is 1.62. The molecule has 1 amide bonds. The predicted molar refractivity (Wildman–Crippen MR) is 73.0 cm³/mol. The Balaban J connectivity index is 0.00000180. The highest BCUT2D eigenvalue weighted by molar-refractivity contribution is 5.92. The minimum atomic E-state index is -0.276. The second kappa shape index (κ2) is 6.19. The van der Waals surface area contributed by atoms with Gasteiger partial charge >= 0.3 is 0 Å². The van der Waals surface area contributed by atoms with E-state index in [9.17, 15) is 4.79 Å². The average molecular weight is 283 g/mol. The fourth-order valence-electron chi connectivity index (χ4n) is 1.59. The van der Waals surface area contributed by atoms with Gasteiger partial charge in [0.25, 0.3) is 5.91 Å². The first-order chi connectivity index (χ1) is 8.58. The SMILES string of the molecule is Cc1noc(C)c1CNC(=O)c1cccc(N)n1.Cl. The molecule has 0 atom stereocenters. The summed E-state index contributed by atoms with van der Waals surface area (Å²) in [4.78, 5) is 15.8. The third-order valence-electron chi connectivity index (χ3n) is 2.61. The zero-order chi connectivity index (χ0) is 13.1. The van der Waals surface area contributed by atoms with Crippen LogP contribution in [0, 0.1) is 13.8 Å². The van der Waals surface area contributed by atoms with Crippen molar-refractivity contribution in [3.05, 3.63) is 40.9 Å². The van der Waals surface area contributed by atoms with Crippen LogP contribution in [0.25, 0.3) is 0 Å². The van der Waals surface area contributed by atoms with Crippen LogP contribution in [0.4, 0.5) is 5.82 Å². The maximum atomic E-state index is 11.8. The second-order valence-corrected chi connectivity index (χ2v) is 3.93.